The molecule has 2 heterocycles. The first-order valence-electron chi connectivity index (χ1n) is 10.7. The van der Waals surface area contributed by atoms with Crippen LogP contribution < -0.4 is 10.6 Å². The summed E-state index contributed by atoms with van der Waals surface area (Å²) in [5, 5.41) is 8.10. The van der Waals surface area contributed by atoms with Gasteiger partial charge < -0.3 is 20.5 Å². The van der Waals surface area contributed by atoms with E-state index in [4.69, 9.17) is 4.98 Å². The monoisotopic (exact) mass is 394 g/mol. The molecule has 0 fully saturated rings. The summed E-state index contributed by atoms with van der Waals surface area (Å²) in [6.45, 7) is 14.1. The van der Waals surface area contributed by atoms with E-state index < -0.39 is 0 Å². The zero-order valence-electron chi connectivity index (χ0n) is 18.3. The van der Waals surface area contributed by atoms with Crippen LogP contribution in [0.25, 0.3) is 10.9 Å². The van der Waals surface area contributed by atoms with E-state index in [9.17, 15) is 0 Å². The lowest BCUT2D eigenvalue weighted by atomic mass is 10.2. The highest BCUT2D eigenvalue weighted by Crippen LogP contribution is 2.24. The SMILES string of the molecule is CCN(CC)CCCC(C)Nc1ncc(C)c(Nc2ccc3[nH]c(C)cc3c2)n1. The number of anilines is 3. The standard InChI is InChI=1S/C23H34N6/c1-6-29(7-2)12-8-9-17(4)26-23-24-15-16(3)22(28-23)27-20-10-11-21-19(14-20)13-18(5)25-21/h10-11,13-15,17,25H,6-9,12H2,1-5H3,(H2,24,26,27,28). The molecule has 0 amide bonds. The first-order chi connectivity index (χ1) is 14.0. The number of aromatic amines is 1. The molecule has 3 N–H and O–H groups in total. The van der Waals surface area contributed by atoms with Crippen molar-refractivity contribution in [1.29, 1.82) is 0 Å². The number of hydrogen-bond donors (Lipinski definition) is 3. The van der Waals surface area contributed by atoms with Crippen LogP contribution in [0.15, 0.2) is 30.5 Å². The number of fused-ring (bicyclic) bond motifs is 1. The van der Waals surface area contributed by atoms with Gasteiger partial charge in [0.1, 0.15) is 5.82 Å². The van der Waals surface area contributed by atoms with E-state index in [-0.39, 0.29) is 0 Å². The lowest BCUT2D eigenvalue weighted by Crippen LogP contribution is -2.26. The molecule has 0 aliphatic heterocycles. The van der Waals surface area contributed by atoms with Gasteiger partial charge in [0, 0.05) is 40.1 Å². The third-order valence-electron chi connectivity index (χ3n) is 5.37. The number of nitrogens with zero attached hydrogens (tertiary/aromatic N) is 3. The smallest absolute Gasteiger partial charge is 0.224 e. The molecule has 0 aliphatic rings. The van der Waals surface area contributed by atoms with Gasteiger partial charge in [0.05, 0.1) is 0 Å². The zero-order valence-corrected chi connectivity index (χ0v) is 18.3. The Morgan fingerprint density at radius 1 is 1.14 bits per heavy atom. The van der Waals surface area contributed by atoms with Gasteiger partial charge in [0.15, 0.2) is 0 Å². The molecule has 3 rings (SSSR count). The Kier molecular flexibility index (Phi) is 7.09. The number of benzene rings is 1. The lowest BCUT2D eigenvalue weighted by molar-refractivity contribution is 0.295. The molecule has 1 unspecified atom stereocenters. The fourth-order valence-corrected chi connectivity index (χ4v) is 3.58. The molecule has 0 saturated heterocycles. The fraction of sp³-hybridized carbons (Fsp3) is 0.478. The van der Waals surface area contributed by atoms with Crippen LogP contribution >= 0.6 is 0 Å². The van der Waals surface area contributed by atoms with E-state index in [0.717, 1.165) is 54.3 Å². The lowest BCUT2D eigenvalue weighted by Gasteiger charge is -2.20. The molecule has 1 aromatic carbocycles. The van der Waals surface area contributed by atoms with Gasteiger partial charge in [-0.3, -0.25) is 0 Å². The fourth-order valence-electron chi connectivity index (χ4n) is 3.58. The third kappa shape index (κ3) is 5.70. The predicted octanol–water partition coefficient (Wildman–Crippen LogP) is 5.24. The Bertz CT molecular complexity index is 928. The van der Waals surface area contributed by atoms with Crippen LogP contribution in [0, 0.1) is 13.8 Å². The summed E-state index contributed by atoms with van der Waals surface area (Å²) in [5.41, 5.74) is 4.36. The molecule has 0 radical (unpaired) electrons. The highest BCUT2D eigenvalue weighted by Gasteiger charge is 2.09. The van der Waals surface area contributed by atoms with Gasteiger partial charge in [-0.05, 0) is 77.5 Å². The number of rotatable bonds is 10. The number of H-pyrrole nitrogens is 1. The second-order valence-electron chi connectivity index (χ2n) is 7.82. The van der Waals surface area contributed by atoms with E-state index in [1.165, 1.54) is 11.8 Å². The van der Waals surface area contributed by atoms with Crippen molar-refractivity contribution in [1.82, 2.24) is 19.9 Å². The van der Waals surface area contributed by atoms with Crippen LogP contribution in [0.3, 0.4) is 0 Å². The maximum Gasteiger partial charge on any atom is 0.224 e. The van der Waals surface area contributed by atoms with Crippen molar-refractivity contribution in [3.63, 3.8) is 0 Å². The first kappa shape index (κ1) is 21.1. The summed E-state index contributed by atoms with van der Waals surface area (Å²) in [6.07, 6.45) is 4.14. The molecule has 156 valence electrons. The van der Waals surface area contributed by atoms with Crippen molar-refractivity contribution < 1.29 is 0 Å². The van der Waals surface area contributed by atoms with Crippen molar-refractivity contribution >= 4 is 28.4 Å². The summed E-state index contributed by atoms with van der Waals surface area (Å²) in [6, 6.07) is 8.80. The van der Waals surface area contributed by atoms with E-state index in [1.54, 1.807) is 0 Å². The maximum absolute atomic E-state index is 4.72. The molecular weight excluding hydrogens is 360 g/mol. The quantitative estimate of drug-likeness (QED) is 0.439. The van der Waals surface area contributed by atoms with Crippen molar-refractivity contribution in [2.24, 2.45) is 0 Å². The Morgan fingerprint density at radius 2 is 1.93 bits per heavy atom. The second kappa shape index (κ2) is 9.74. The van der Waals surface area contributed by atoms with E-state index in [2.05, 4.69) is 77.5 Å². The first-order valence-corrected chi connectivity index (χ1v) is 10.7. The summed E-state index contributed by atoms with van der Waals surface area (Å²) >= 11 is 0. The number of nitrogens with one attached hydrogen (secondary N) is 3. The van der Waals surface area contributed by atoms with Gasteiger partial charge in [-0.25, -0.2) is 4.98 Å². The Balaban J connectivity index is 1.62. The largest absolute Gasteiger partial charge is 0.359 e. The maximum atomic E-state index is 4.72. The van der Waals surface area contributed by atoms with Crippen molar-refractivity contribution in [3.05, 3.63) is 41.7 Å². The van der Waals surface area contributed by atoms with Crippen molar-refractivity contribution in [2.75, 3.05) is 30.3 Å². The van der Waals surface area contributed by atoms with Crippen LogP contribution in [0.2, 0.25) is 0 Å². The molecule has 2 aromatic heterocycles. The number of aromatic nitrogens is 3. The third-order valence-corrected chi connectivity index (χ3v) is 5.37. The summed E-state index contributed by atoms with van der Waals surface area (Å²) in [5.74, 6) is 1.51. The molecule has 0 spiro atoms. The molecular formula is C23H34N6. The van der Waals surface area contributed by atoms with Gasteiger partial charge in [-0.1, -0.05) is 13.8 Å². The second-order valence-corrected chi connectivity index (χ2v) is 7.82. The van der Waals surface area contributed by atoms with E-state index in [1.807, 2.05) is 13.1 Å². The number of aryl methyl sites for hydroxylation is 2. The highest BCUT2D eigenvalue weighted by atomic mass is 15.2. The highest BCUT2D eigenvalue weighted by molar-refractivity contribution is 5.84. The molecule has 6 heteroatoms. The Hall–Kier alpha value is -2.60. The minimum absolute atomic E-state index is 0.334. The van der Waals surface area contributed by atoms with Gasteiger partial charge in [-0.2, -0.15) is 4.98 Å². The average molecular weight is 395 g/mol. The van der Waals surface area contributed by atoms with Crippen molar-refractivity contribution in [2.45, 2.75) is 53.5 Å². The molecule has 0 aliphatic carbocycles. The van der Waals surface area contributed by atoms with Crippen LogP contribution in [0.5, 0.6) is 0 Å². The van der Waals surface area contributed by atoms with E-state index in [0.29, 0.717) is 12.0 Å². The van der Waals surface area contributed by atoms with E-state index >= 15 is 0 Å². The Labute approximate surface area is 174 Å². The molecule has 29 heavy (non-hydrogen) atoms. The molecule has 6 nitrogen and oxygen atoms in total. The van der Waals surface area contributed by atoms with Crippen molar-refractivity contribution in [3.8, 4) is 0 Å². The summed E-state index contributed by atoms with van der Waals surface area (Å²) in [4.78, 5) is 15.0. The summed E-state index contributed by atoms with van der Waals surface area (Å²) in [7, 11) is 0. The van der Waals surface area contributed by atoms with Crippen LogP contribution in [0.1, 0.15) is 44.9 Å². The van der Waals surface area contributed by atoms with Gasteiger partial charge in [-0.15, -0.1) is 0 Å². The topological polar surface area (TPSA) is 68.9 Å². The van der Waals surface area contributed by atoms with Crippen LogP contribution in [0.4, 0.5) is 17.5 Å². The molecule has 0 saturated carbocycles. The number of hydrogen-bond acceptors (Lipinski definition) is 5. The molecule has 3 aromatic rings. The average Bonchev–Trinajstić information content (AvgIpc) is 3.07. The minimum atomic E-state index is 0.334. The Morgan fingerprint density at radius 3 is 2.69 bits per heavy atom. The summed E-state index contributed by atoms with van der Waals surface area (Å²) < 4.78 is 0. The van der Waals surface area contributed by atoms with Crippen LogP contribution in [-0.2, 0) is 0 Å². The molecule has 0 bridgehead atoms. The van der Waals surface area contributed by atoms with Crippen LogP contribution in [-0.4, -0.2) is 45.5 Å². The normalized spacial score (nSPS) is 12.5. The minimum Gasteiger partial charge on any atom is -0.359 e. The molecule has 1 atom stereocenters. The zero-order chi connectivity index (χ0) is 20.8. The van der Waals surface area contributed by atoms with Gasteiger partial charge in [0.2, 0.25) is 5.95 Å². The van der Waals surface area contributed by atoms with Gasteiger partial charge >= 0.3 is 0 Å². The predicted molar refractivity (Wildman–Crippen MR) is 123 cm³/mol. The van der Waals surface area contributed by atoms with Gasteiger partial charge in [0.25, 0.3) is 0 Å².